The van der Waals surface area contributed by atoms with Gasteiger partial charge in [-0.2, -0.15) is 0 Å². The Labute approximate surface area is 91.9 Å². The second kappa shape index (κ2) is 5.34. The van der Waals surface area contributed by atoms with Crippen LogP contribution < -0.4 is 0 Å². The van der Waals surface area contributed by atoms with Gasteiger partial charge in [0.25, 0.3) is 0 Å². The molecular formula is C11H21ClO2. The molecule has 84 valence electrons. The molecule has 0 amide bonds. The SMILES string of the molecule is COC1C(Cl)CC1OC(C)CC(C)C. The van der Waals surface area contributed by atoms with Crippen molar-refractivity contribution >= 4 is 11.6 Å². The standard InChI is InChI=1S/C11H21ClO2/c1-7(2)5-8(3)14-10-6-9(12)11(10)13-4/h7-11H,5-6H2,1-4H3. The van der Waals surface area contributed by atoms with Crippen LogP contribution in [0.2, 0.25) is 0 Å². The Kier molecular flexibility index (Phi) is 4.68. The van der Waals surface area contributed by atoms with Gasteiger partial charge < -0.3 is 9.47 Å². The second-order valence-electron chi connectivity index (χ2n) is 4.57. The monoisotopic (exact) mass is 220 g/mol. The summed E-state index contributed by atoms with van der Waals surface area (Å²) in [5.74, 6) is 0.679. The smallest absolute Gasteiger partial charge is 0.0997 e. The van der Waals surface area contributed by atoms with E-state index in [2.05, 4.69) is 20.8 Å². The summed E-state index contributed by atoms with van der Waals surface area (Å²) < 4.78 is 11.1. The molecular weight excluding hydrogens is 200 g/mol. The van der Waals surface area contributed by atoms with Gasteiger partial charge in [-0.25, -0.2) is 0 Å². The quantitative estimate of drug-likeness (QED) is 0.664. The van der Waals surface area contributed by atoms with E-state index in [0.717, 1.165) is 12.8 Å². The predicted octanol–water partition coefficient (Wildman–Crippen LogP) is 2.83. The molecule has 4 unspecified atom stereocenters. The van der Waals surface area contributed by atoms with Crippen LogP contribution in [0.4, 0.5) is 0 Å². The first-order valence-corrected chi connectivity index (χ1v) is 5.80. The van der Waals surface area contributed by atoms with Gasteiger partial charge in [0.05, 0.1) is 23.7 Å². The molecule has 0 saturated heterocycles. The summed E-state index contributed by atoms with van der Waals surface area (Å²) in [5.41, 5.74) is 0. The lowest BCUT2D eigenvalue weighted by Gasteiger charge is -2.41. The Hall–Kier alpha value is 0.210. The minimum absolute atomic E-state index is 0.0891. The number of ether oxygens (including phenoxy) is 2. The van der Waals surface area contributed by atoms with E-state index in [4.69, 9.17) is 21.1 Å². The van der Waals surface area contributed by atoms with Crippen molar-refractivity contribution in [2.45, 2.75) is 57.3 Å². The topological polar surface area (TPSA) is 18.5 Å². The molecule has 1 fully saturated rings. The van der Waals surface area contributed by atoms with Crippen LogP contribution in [0.5, 0.6) is 0 Å². The summed E-state index contributed by atoms with van der Waals surface area (Å²) in [7, 11) is 1.70. The lowest BCUT2D eigenvalue weighted by Crippen LogP contribution is -2.51. The van der Waals surface area contributed by atoms with Crippen LogP contribution >= 0.6 is 11.6 Å². The number of rotatable bonds is 5. The molecule has 1 aliphatic carbocycles. The van der Waals surface area contributed by atoms with Crippen molar-refractivity contribution in [2.75, 3.05) is 7.11 Å². The van der Waals surface area contributed by atoms with E-state index >= 15 is 0 Å². The zero-order valence-corrected chi connectivity index (χ0v) is 10.3. The number of hydrogen-bond donors (Lipinski definition) is 0. The lowest BCUT2D eigenvalue weighted by atomic mass is 9.90. The Bertz CT molecular complexity index is 173. The molecule has 0 N–H and O–H groups in total. The van der Waals surface area contributed by atoms with Crippen molar-refractivity contribution in [3.05, 3.63) is 0 Å². The van der Waals surface area contributed by atoms with E-state index in [1.165, 1.54) is 0 Å². The molecule has 1 rings (SSSR count). The fourth-order valence-corrected chi connectivity index (χ4v) is 2.42. The molecule has 0 bridgehead atoms. The normalized spacial score (nSPS) is 34.3. The van der Waals surface area contributed by atoms with Crippen molar-refractivity contribution in [3.8, 4) is 0 Å². The summed E-state index contributed by atoms with van der Waals surface area (Å²) in [6.07, 6.45) is 2.62. The molecule has 0 aromatic carbocycles. The fourth-order valence-electron chi connectivity index (χ4n) is 1.98. The Morgan fingerprint density at radius 1 is 1.36 bits per heavy atom. The molecule has 0 aliphatic heterocycles. The maximum Gasteiger partial charge on any atom is 0.0997 e. The lowest BCUT2D eigenvalue weighted by molar-refractivity contribution is -0.135. The number of hydrogen-bond acceptors (Lipinski definition) is 2. The Morgan fingerprint density at radius 2 is 2.00 bits per heavy atom. The average Bonchev–Trinajstić information content (AvgIpc) is 2.02. The summed E-state index contributed by atoms with van der Waals surface area (Å²) >= 11 is 5.99. The highest BCUT2D eigenvalue weighted by Crippen LogP contribution is 2.32. The van der Waals surface area contributed by atoms with E-state index in [1.807, 2.05) is 0 Å². The number of methoxy groups -OCH3 is 1. The van der Waals surface area contributed by atoms with Gasteiger partial charge in [-0.3, -0.25) is 0 Å². The van der Waals surface area contributed by atoms with Crippen molar-refractivity contribution < 1.29 is 9.47 Å². The Morgan fingerprint density at radius 3 is 2.43 bits per heavy atom. The van der Waals surface area contributed by atoms with Gasteiger partial charge in [-0.15, -0.1) is 11.6 Å². The molecule has 0 spiro atoms. The van der Waals surface area contributed by atoms with Gasteiger partial charge in [-0.05, 0) is 25.7 Å². The van der Waals surface area contributed by atoms with Crippen molar-refractivity contribution in [3.63, 3.8) is 0 Å². The minimum Gasteiger partial charge on any atom is -0.377 e. The predicted molar refractivity (Wildman–Crippen MR) is 58.8 cm³/mol. The molecule has 1 saturated carbocycles. The van der Waals surface area contributed by atoms with E-state index < -0.39 is 0 Å². The number of halogens is 1. The highest BCUT2D eigenvalue weighted by atomic mass is 35.5. The molecule has 0 heterocycles. The highest BCUT2D eigenvalue weighted by Gasteiger charge is 2.41. The second-order valence-corrected chi connectivity index (χ2v) is 5.13. The van der Waals surface area contributed by atoms with Crippen LogP contribution in [0, 0.1) is 5.92 Å². The summed E-state index contributed by atoms with van der Waals surface area (Å²) in [6.45, 7) is 6.53. The van der Waals surface area contributed by atoms with Gasteiger partial charge in [0.15, 0.2) is 0 Å². The highest BCUT2D eigenvalue weighted by molar-refractivity contribution is 6.21. The van der Waals surface area contributed by atoms with Gasteiger partial charge in [0, 0.05) is 7.11 Å². The summed E-state index contributed by atoms with van der Waals surface area (Å²) in [4.78, 5) is 0. The third-order valence-corrected chi connectivity index (χ3v) is 3.09. The maximum atomic E-state index is 5.99. The zero-order chi connectivity index (χ0) is 10.7. The Balaban J connectivity index is 2.24. The van der Waals surface area contributed by atoms with Crippen molar-refractivity contribution in [2.24, 2.45) is 5.92 Å². The van der Waals surface area contributed by atoms with Gasteiger partial charge in [0.2, 0.25) is 0 Å². The van der Waals surface area contributed by atoms with Crippen LogP contribution in [-0.4, -0.2) is 30.8 Å². The van der Waals surface area contributed by atoms with E-state index in [0.29, 0.717) is 12.0 Å². The minimum atomic E-state index is 0.0891. The van der Waals surface area contributed by atoms with Crippen LogP contribution in [0.3, 0.4) is 0 Å². The molecule has 1 aliphatic rings. The van der Waals surface area contributed by atoms with E-state index in [9.17, 15) is 0 Å². The van der Waals surface area contributed by atoms with Gasteiger partial charge in [0.1, 0.15) is 0 Å². The molecule has 2 nitrogen and oxygen atoms in total. The molecule has 0 radical (unpaired) electrons. The van der Waals surface area contributed by atoms with Crippen LogP contribution in [0.1, 0.15) is 33.6 Å². The van der Waals surface area contributed by atoms with Gasteiger partial charge >= 0.3 is 0 Å². The number of alkyl halides is 1. The first-order valence-electron chi connectivity index (χ1n) is 5.37. The first kappa shape index (κ1) is 12.3. The zero-order valence-electron chi connectivity index (χ0n) is 9.50. The molecule has 0 aromatic heterocycles. The molecule has 3 heteroatoms. The molecule has 14 heavy (non-hydrogen) atoms. The third kappa shape index (κ3) is 3.11. The van der Waals surface area contributed by atoms with Crippen LogP contribution in [0.15, 0.2) is 0 Å². The van der Waals surface area contributed by atoms with Crippen molar-refractivity contribution in [1.29, 1.82) is 0 Å². The first-order chi connectivity index (χ1) is 6.54. The average molecular weight is 221 g/mol. The van der Waals surface area contributed by atoms with E-state index in [-0.39, 0.29) is 17.6 Å². The molecule has 4 atom stereocenters. The van der Waals surface area contributed by atoms with Gasteiger partial charge in [-0.1, -0.05) is 13.8 Å². The summed E-state index contributed by atoms with van der Waals surface area (Å²) in [6, 6.07) is 0. The van der Waals surface area contributed by atoms with Crippen LogP contribution in [0.25, 0.3) is 0 Å². The van der Waals surface area contributed by atoms with Crippen LogP contribution in [-0.2, 0) is 9.47 Å². The fraction of sp³-hybridized carbons (Fsp3) is 1.00. The third-order valence-electron chi connectivity index (χ3n) is 2.66. The largest absolute Gasteiger partial charge is 0.377 e. The van der Waals surface area contributed by atoms with Crippen molar-refractivity contribution in [1.82, 2.24) is 0 Å². The van der Waals surface area contributed by atoms with E-state index in [1.54, 1.807) is 7.11 Å². The maximum absolute atomic E-state index is 5.99. The summed E-state index contributed by atoms with van der Waals surface area (Å²) in [5, 5.41) is 0.135. The molecule has 0 aromatic rings.